The first kappa shape index (κ1) is 20.3. The number of H-pyrrole nitrogens is 1. The molecule has 1 saturated carbocycles. The van der Waals surface area contributed by atoms with Crippen LogP contribution >= 0.6 is 23.2 Å². The molecule has 29 heavy (non-hydrogen) atoms. The first-order valence-corrected chi connectivity index (χ1v) is 10.8. The molecule has 0 aliphatic heterocycles. The molecule has 152 valence electrons. The van der Waals surface area contributed by atoms with Crippen molar-refractivity contribution in [1.29, 1.82) is 0 Å². The number of benzene rings is 2. The number of pyridine rings is 1. The molecule has 3 aromatic rings. The Labute approximate surface area is 180 Å². The van der Waals surface area contributed by atoms with Crippen LogP contribution in [0.25, 0.3) is 10.9 Å². The van der Waals surface area contributed by atoms with Gasteiger partial charge in [0.25, 0.3) is 0 Å². The van der Waals surface area contributed by atoms with Gasteiger partial charge in [0.15, 0.2) is 0 Å². The molecule has 2 atom stereocenters. The fourth-order valence-corrected chi connectivity index (χ4v) is 4.16. The topological polar surface area (TPSA) is 54.1 Å². The Hall–Kier alpha value is -2.01. The van der Waals surface area contributed by atoms with E-state index in [0.717, 1.165) is 42.6 Å². The molecule has 0 spiro atoms. The number of ether oxygens (including phenoxy) is 1. The van der Waals surface area contributed by atoms with E-state index in [-0.39, 0.29) is 5.56 Å². The van der Waals surface area contributed by atoms with Gasteiger partial charge in [-0.3, -0.25) is 4.79 Å². The van der Waals surface area contributed by atoms with E-state index in [9.17, 15) is 4.79 Å². The van der Waals surface area contributed by atoms with Gasteiger partial charge in [-0.2, -0.15) is 0 Å². The molecule has 4 nitrogen and oxygen atoms in total. The number of hydrogen-bond acceptors (Lipinski definition) is 3. The van der Waals surface area contributed by atoms with Crippen LogP contribution in [0.1, 0.15) is 30.7 Å². The highest BCUT2D eigenvalue weighted by Gasteiger charge is 2.39. The Bertz CT molecular complexity index is 1050. The Kier molecular flexibility index (Phi) is 6.43. The van der Waals surface area contributed by atoms with Crippen LogP contribution < -0.4 is 15.6 Å². The summed E-state index contributed by atoms with van der Waals surface area (Å²) in [4.78, 5) is 14.2. The van der Waals surface area contributed by atoms with E-state index >= 15 is 0 Å². The molecular formula is C23H24Cl2N2O2. The fraction of sp³-hybridized carbons (Fsp3) is 0.348. The smallest absolute Gasteiger partial charge is 0.248 e. The van der Waals surface area contributed by atoms with Gasteiger partial charge in [-0.15, -0.1) is 0 Å². The molecule has 0 radical (unpaired) electrons. The zero-order chi connectivity index (χ0) is 20.2. The summed E-state index contributed by atoms with van der Waals surface area (Å²) < 4.78 is 5.82. The molecular weight excluding hydrogens is 407 g/mol. The maximum Gasteiger partial charge on any atom is 0.248 e. The van der Waals surface area contributed by atoms with Crippen LogP contribution in [0.15, 0.2) is 53.3 Å². The third-order valence-corrected chi connectivity index (χ3v) is 6.26. The van der Waals surface area contributed by atoms with Gasteiger partial charge in [0.2, 0.25) is 5.56 Å². The average Bonchev–Trinajstić information content (AvgIpc) is 3.48. The molecule has 2 unspecified atom stereocenters. The number of nitrogens with one attached hydrogen (secondary N) is 2. The third-order valence-electron chi connectivity index (χ3n) is 5.42. The van der Waals surface area contributed by atoms with Gasteiger partial charge in [-0.1, -0.05) is 35.3 Å². The van der Waals surface area contributed by atoms with Crippen molar-refractivity contribution in [2.24, 2.45) is 5.92 Å². The van der Waals surface area contributed by atoms with Gasteiger partial charge < -0.3 is 15.0 Å². The third kappa shape index (κ3) is 5.13. The molecule has 0 saturated heterocycles. The maximum atomic E-state index is 11.4. The van der Waals surface area contributed by atoms with Gasteiger partial charge in [-0.25, -0.2) is 0 Å². The summed E-state index contributed by atoms with van der Waals surface area (Å²) in [7, 11) is 0. The molecule has 4 rings (SSSR count). The van der Waals surface area contributed by atoms with Crippen LogP contribution in [0.4, 0.5) is 0 Å². The number of aromatic nitrogens is 1. The molecule has 0 bridgehead atoms. The van der Waals surface area contributed by atoms with Crippen molar-refractivity contribution in [2.45, 2.75) is 25.2 Å². The van der Waals surface area contributed by atoms with Crippen molar-refractivity contribution in [3.63, 3.8) is 0 Å². The lowest BCUT2D eigenvalue weighted by atomic mass is 10.1. The first-order valence-electron chi connectivity index (χ1n) is 10.0. The van der Waals surface area contributed by atoms with Crippen LogP contribution in [-0.2, 0) is 0 Å². The molecule has 1 aliphatic rings. The minimum Gasteiger partial charge on any atom is -0.494 e. The first-order chi connectivity index (χ1) is 14.1. The van der Waals surface area contributed by atoms with Crippen LogP contribution in [0, 0.1) is 5.92 Å². The summed E-state index contributed by atoms with van der Waals surface area (Å²) in [5.74, 6) is 1.95. The van der Waals surface area contributed by atoms with E-state index in [1.54, 1.807) is 0 Å². The second-order valence-corrected chi connectivity index (χ2v) is 8.36. The lowest BCUT2D eigenvalue weighted by molar-refractivity contribution is 0.306. The number of rotatable bonds is 9. The monoisotopic (exact) mass is 430 g/mol. The van der Waals surface area contributed by atoms with E-state index in [2.05, 4.69) is 16.4 Å². The van der Waals surface area contributed by atoms with Crippen molar-refractivity contribution >= 4 is 34.1 Å². The lowest BCUT2D eigenvalue weighted by Crippen LogP contribution is -2.19. The van der Waals surface area contributed by atoms with Crippen molar-refractivity contribution in [3.8, 4) is 5.75 Å². The highest BCUT2D eigenvalue weighted by molar-refractivity contribution is 6.42. The van der Waals surface area contributed by atoms with E-state index in [1.807, 2.05) is 36.4 Å². The molecule has 1 aromatic heterocycles. The quantitative estimate of drug-likeness (QED) is 0.447. The van der Waals surface area contributed by atoms with Gasteiger partial charge in [0, 0.05) is 12.1 Å². The van der Waals surface area contributed by atoms with Crippen LogP contribution in [0.2, 0.25) is 10.0 Å². The van der Waals surface area contributed by atoms with E-state index in [0.29, 0.717) is 28.5 Å². The highest BCUT2D eigenvalue weighted by atomic mass is 35.5. The summed E-state index contributed by atoms with van der Waals surface area (Å²) in [6.45, 7) is 2.64. The molecule has 2 N–H and O–H groups in total. The zero-order valence-corrected chi connectivity index (χ0v) is 17.6. The number of aromatic amines is 1. The van der Waals surface area contributed by atoms with Crippen molar-refractivity contribution in [3.05, 3.63) is 74.5 Å². The maximum absolute atomic E-state index is 11.4. The molecule has 1 heterocycles. The normalized spacial score (nSPS) is 18.1. The molecule has 1 fully saturated rings. The minimum atomic E-state index is -0.101. The Balaban J connectivity index is 1.13. The predicted octanol–water partition coefficient (Wildman–Crippen LogP) is 5.39. The minimum absolute atomic E-state index is 0.101. The van der Waals surface area contributed by atoms with Crippen molar-refractivity contribution in [1.82, 2.24) is 10.3 Å². The summed E-state index contributed by atoms with van der Waals surface area (Å²) in [6, 6.07) is 15.0. The zero-order valence-electron chi connectivity index (χ0n) is 16.1. The largest absolute Gasteiger partial charge is 0.494 e. The van der Waals surface area contributed by atoms with Crippen molar-refractivity contribution < 1.29 is 4.74 Å². The standard InChI is InChI=1S/C23H24Cl2N2O2/c24-20-5-3-4-18(23(20)25)19-12-16(19)14-26-10-1-2-11-29-17-8-6-15-7-9-22(28)27-21(15)13-17/h3-9,13,16,19,26H,1-2,10-12,14H2,(H,27,28). The second-order valence-electron chi connectivity index (χ2n) is 7.58. The van der Waals surface area contributed by atoms with E-state index < -0.39 is 0 Å². The summed E-state index contributed by atoms with van der Waals surface area (Å²) >= 11 is 12.4. The van der Waals surface area contributed by atoms with Crippen LogP contribution in [0.3, 0.4) is 0 Å². The summed E-state index contributed by atoms with van der Waals surface area (Å²) in [6.07, 6.45) is 3.20. The molecule has 2 aromatic carbocycles. The Morgan fingerprint density at radius 1 is 1.10 bits per heavy atom. The molecule has 6 heteroatoms. The SMILES string of the molecule is O=c1ccc2ccc(OCCCCNCC3CC3c3cccc(Cl)c3Cl)cc2[nH]1. The van der Waals surface area contributed by atoms with Crippen molar-refractivity contribution in [2.75, 3.05) is 19.7 Å². The number of unbranched alkanes of at least 4 members (excludes halogenated alkanes) is 1. The van der Waals surface area contributed by atoms with Gasteiger partial charge in [-0.05, 0) is 79.4 Å². The summed E-state index contributed by atoms with van der Waals surface area (Å²) in [5.41, 5.74) is 1.88. The number of hydrogen-bond donors (Lipinski definition) is 2. The van der Waals surface area contributed by atoms with Gasteiger partial charge >= 0.3 is 0 Å². The second kappa shape index (κ2) is 9.21. The lowest BCUT2D eigenvalue weighted by Gasteiger charge is -2.08. The van der Waals surface area contributed by atoms with E-state index in [4.69, 9.17) is 27.9 Å². The van der Waals surface area contributed by atoms with Crippen LogP contribution in [-0.4, -0.2) is 24.7 Å². The molecule has 0 amide bonds. The summed E-state index contributed by atoms with van der Waals surface area (Å²) in [5, 5.41) is 5.88. The highest BCUT2D eigenvalue weighted by Crippen LogP contribution is 2.50. The number of fused-ring (bicyclic) bond motifs is 1. The predicted molar refractivity (Wildman–Crippen MR) is 119 cm³/mol. The van der Waals surface area contributed by atoms with E-state index in [1.165, 1.54) is 18.1 Å². The molecule has 1 aliphatic carbocycles. The Morgan fingerprint density at radius 3 is 2.86 bits per heavy atom. The van der Waals surface area contributed by atoms with Gasteiger partial charge in [0.1, 0.15) is 5.75 Å². The Morgan fingerprint density at radius 2 is 1.97 bits per heavy atom. The number of halogens is 2. The van der Waals surface area contributed by atoms with Crippen LogP contribution in [0.5, 0.6) is 5.75 Å². The average molecular weight is 431 g/mol. The van der Waals surface area contributed by atoms with Gasteiger partial charge in [0.05, 0.1) is 22.2 Å². The fourth-order valence-electron chi connectivity index (χ4n) is 3.71.